The number of benzene rings is 2. The van der Waals surface area contributed by atoms with Gasteiger partial charge in [0.25, 0.3) is 0 Å². The maximum Gasteiger partial charge on any atom is 0.248 e. The number of ether oxygens (including phenoxy) is 1. The van der Waals surface area contributed by atoms with E-state index < -0.39 is 0 Å². The summed E-state index contributed by atoms with van der Waals surface area (Å²) in [5.74, 6) is 2.02. The van der Waals surface area contributed by atoms with E-state index in [4.69, 9.17) is 14.7 Å². The Morgan fingerprint density at radius 2 is 1.68 bits per heavy atom. The smallest absolute Gasteiger partial charge is 0.248 e. The molecule has 3 heterocycles. The van der Waals surface area contributed by atoms with Gasteiger partial charge in [-0.3, -0.25) is 4.79 Å². The zero-order chi connectivity index (χ0) is 25.6. The van der Waals surface area contributed by atoms with Crippen molar-refractivity contribution in [2.45, 2.75) is 39.2 Å². The Labute approximate surface area is 217 Å². The summed E-state index contributed by atoms with van der Waals surface area (Å²) in [6.07, 6.45) is 3.96. The number of piperazine rings is 1. The predicted molar refractivity (Wildman–Crippen MR) is 145 cm³/mol. The van der Waals surface area contributed by atoms with Crippen molar-refractivity contribution >= 4 is 22.8 Å². The fraction of sp³-hybridized carbons (Fsp3) is 0.379. The van der Waals surface area contributed by atoms with E-state index in [0.29, 0.717) is 32.8 Å². The van der Waals surface area contributed by atoms with Crippen LogP contribution in [0.3, 0.4) is 0 Å². The first-order valence-corrected chi connectivity index (χ1v) is 13.1. The quantitative estimate of drug-likeness (QED) is 0.336. The van der Waals surface area contributed by atoms with Crippen molar-refractivity contribution in [3.63, 3.8) is 0 Å². The van der Waals surface area contributed by atoms with Crippen molar-refractivity contribution in [3.8, 4) is 5.69 Å². The van der Waals surface area contributed by atoms with Crippen molar-refractivity contribution in [2.75, 3.05) is 37.7 Å². The van der Waals surface area contributed by atoms with Gasteiger partial charge in [0.1, 0.15) is 18.2 Å². The maximum atomic E-state index is 12.8. The fourth-order valence-electron chi connectivity index (χ4n) is 4.78. The number of hydrogen-bond donors (Lipinski definition) is 0. The summed E-state index contributed by atoms with van der Waals surface area (Å²) in [6, 6.07) is 20.0. The van der Waals surface area contributed by atoms with Crippen LogP contribution in [0.15, 0.2) is 66.9 Å². The lowest BCUT2D eigenvalue weighted by atomic mass is 10.1. The van der Waals surface area contributed by atoms with E-state index in [2.05, 4.69) is 23.8 Å². The molecule has 8 heteroatoms. The second-order valence-corrected chi connectivity index (χ2v) is 9.57. The van der Waals surface area contributed by atoms with Gasteiger partial charge in [-0.2, -0.15) is 5.10 Å². The van der Waals surface area contributed by atoms with Gasteiger partial charge in [-0.25, -0.2) is 14.6 Å². The minimum Gasteiger partial charge on any atom is -0.367 e. The van der Waals surface area contributed by atoms with E-state index in [1.54, 1.807) is 0 Å². The molecule has 4 aromatic rings. The van der Waals surface area contributed by atoms with Gasteiger partial charge in [-0.05, 0) is 24.1 Å². The maximum absolute atomic E-state index is 12.8. The third-order valence-corrected chi connectivity index (χ3v) is 6.86. The van der Waals surface area contributed by atoms with Crippen LogP contribution in [0.5, 0.6) is 0 Å². The van der Waals surface area contributed by atoms with Crippen LogP contribution in [0.2, 0.25) is 0 Å². The number of nitrogens with zero attached hydrogens (tertiary/aromatic N) is 6. The Morgan fingerprint density at radius 1 is 0.973 bits per heavy atom. The lowest BCUT2D eigenvalue weighted by Gasteiger charge is -2.35. The van der Waals surface area contributed by atoms with Gasteiger partial charge < -0.3 is 14.5 Å². The second kappa shape index (κ2) is 11.5. The first-order chi connectivity index (χ1) is 18.1. The van der Waals surface area contributed by atoms with Crippen LogP contribution < -0.4 is 4.90 Å². The molecule has 1 fully saturated rings. The number of aromatic nitrogens is 4. The number of amides is 1. The molecule has 1 amide bonds. The molecule has 1 unspecified atom stereocenters. The molecular formula is C29H34N6O2. The van der Waals surface area contributed by atoms with Crippen molar-refractivity contribution < 1.29 is 9.53 Å². The Balaban J connectivity index is 1.32. The number of hydrogen-bond acceptors (Lipinski definition) is 6. The molecule has 192 valence electrons. The van der Waals surface area contributed by atoms with Gasteiger partial charge in [-0.15, -0.1) is 0 Å². The first-order valence-electron chi connectivity index (χ1n) is 13.1. The molecule has 2 aromatic heterocycles. The summed E-state index contributed by atoms with van der Waals surface area (Å²) in [4.78, 5) is 26.9. The summed E-state index contributed by atoms with van der Waals surface area (Å²) < 4.78 is 7.57. The monoisotopic (exact) mass is 498 g/mol. The van der Waals surface area contributed by atoms with Gasteiger partial charge in [0.2, 0.25) is 5.91 Å². The van der Waals surface area contributed by atoms with Gasteiger partial charge in [0.05, 0.1) is 23.9 Å². The zero-order valence-corrected chi connectivity index (χ0v) is 21.6. The molecule has 0 bridgehead atoms. The summed E-state index contributed by atoms with van der Waals surface area (Å²) >= 11 is 0. The lowest BCUT2D eigenvalue weighted by molar-refractivity contribution is -0.136. The molecule has 0 saturated carbocycles. The number of carbonyl (C=O) groups is 1. The molecule has 8 nitrogen and oxygen atoms in total. The molecule has 0 aliphatic carbocycles. The normalized spacial score (nSPS) is 14.8. The molecule has 0 N–H and O–H groups in total. The average molecular weight is 499 g/mol. The van der Waals surface area contributed by atoms with Crippen LogP contribution in [-0.4, -0.2) is 63.3 Å². The Hall–Kier alpha value is -3.78. The fourth-order valence-corrected chi connectivity index (χ4v) is 4.78. The number of anilines is 1. The third-order valence-electron chi connectivity index (χ3n) is 6.86. The van der Waals surface area contributed by atoms with Crippen molar-refractivity contribution in [3.05, 3.63) is 78.2 Å². The van der Waals surface area contributed by atoms with Crippen LogP contribution >= 0.6 is 0 Å². The standard InChI is InChI=1S/C29H34N6O2/c1-3-10-22(2)27-31-28(25-19-30-35(29(25)32-27)24-13-8-5-9-14-24)34-17-15-33(16-18-34)26(36)21-37-20-23-11-6-4-7-12-23/h4-9,11-14,19,22H,3,10,15-18,20-21H2,1-2H3. The van der Waals surface area contributed by atoms with Crippen LogP contribution in [0, 0.1) is 0 Å². The molecule has 1 aliphatic heterocycles. The van der Waals surface area contributed by atoms with Crippen LogP contribution in [0.25, 0.3) is 16.7 Å². The number of fused-ring (bicyclic) bond motifs is 1. The summed E-state index contributed by atoms with van der Waals surface area (Å²) in [5.41, 5.74) is 2.86. The Bertz CT molecular complexity index is 1320. The largest absolute Gasteiger partial charge is 0.367 e. The van der Waals surface area contributed by atoms with E-state index in [-0.39, 0.29) is 18.4 Å². The predicted octanol–water partition coefficient (Wildman–Crippen LogP) is 4.58. The lowest BCUT2D eigenvalue weighted by Crippen LogP contribution is -2.50. The van der Waals surface area contributed by atoms with Gasteiger partial charge >= 0.3 is 0 Å². The Kier molecular flexibility index (Phi) is 7.75. The molecule has 0 radical (unpaired) electrons. The van der Waals surface area contributed by atoms with Crippen LogP contribution in [-0.2, 0) is 16.1 Å². The molecule has 1 aliphatic rings. The highest BCUT2D eigenvalue weighted by Crippen LogP contribution is 2.29. The minimum atomic E-state index is 0.0255. The van der Waals surface area contributed by atoms with Gasteiger partial charge in [-0.1, -0.05) is 68.8 Å². The Morgan fingerprint density at radius 3 is 2.38 bits per heavy atom. The van der Waals surface area contributed by atoms with Crippen molar-refractivity contribution in [1.82, 2.24) is 24.6 Å². The van der Waals surface area contributed by atoms with E-state index in [9.17, 15) is 4.79 Å². The molecule has 1 saturated heterocycles. The molecule has 0 spiro atoms. The van der Waals surface area contributed by atoms with E-state index in [1.807, 2.05) is 76.4 Å². The molecule has 5 rings (SSSR count). The first kappa shape index (κ1) is 24.9. The number of para-hydroxylation sites is 1. The van der Waals surface area contributed by atoms with Gasteiger partial charge in [0, 0.05) is 32.1 Å². The molecule has 1 atom stereocenters. The average Bonchev–Trinajstić information content (AvgIpc) is 3.38. The van der Waals surface area contributed by atoms with E-state index in [1.165, 1.54) is 0 Å². The van der Waals surface area contributed by atoms with Crippen LogP contribution in [0.1, 0.15) is 44.0 Å². The highest BCUT2D eigenvalue weighted by molar-refractivity contribution is 5.88. The number of carbonyl (C=O) groups excluding carboxylic acids is 1. The SMILES string of the molecule is CCCC(C)c1nc(N2CCN(C(=O)COCc3ccccc3)CC2)c2cnn(-c3ccccc3)c2n1. The summed E-state index contributed by atoms with van der Waals surface area (Å²) in [5, 5.41) is 5.61. The van der Waals surface area contributed by atoms with Crippen LogP contribution in [0.4, 0.5) is 5.82 Å². The highest BCUT2D eigenvalue weighted by atomic mass is 16.5. The topological polar surface area (TPSA) is 76.4 Å². The van der Waals surface area contributed by atoms with E-state index >= 15 is 0 Å². The third kappa shape index (κ3) is 5.64. The minimum absolute atomic E-state index is 0.0255. The summed E-state index contributed by atoms with van der Waals surface area (Å²) in [6.45, 7) is 7.57. The van der Waals surface area contributed by atoms with E-state index in [0.717, 1.165) is 46.8 Å². The van der Waals surface area contributed by atoms with Crippen molar-refractivity contribution in [1.29, 1.82) is 0 Å². The zero-order valence-electron chi connectivity index (χ0n) is 21.6. The second-order valence-electron chi connectivity index (χ2n) is 9.57. The van der Waals surface area contributed by atoms with Gasteiger partial charge in [0.15, 0.2) is 5.65 Å². The summed E-state index contributed by atoms with van der Waals surface area (Å²) in [7, 11) is 0. The molecule has 37 heavy (non-hydrogen) atoms. The van der Waals surface area contributed by atoms with Crippen molar-refractivity contribution in [2.24, 2.45) is 0 Å². The molecule has 2 aromatic carbocycles. The number of rotatable bonds is 9. The highest BCUT2D eigenvalue weighted by Gasteiger charge is 2.26. The molecular weight excluding hydrogens is 464 g/mol.